The molecule has 130 valence electrons. The molecule has 1 aliphatic heterocycles. The first-order valence-electron chi connectivity index (χ1n) is 9.09. The number of fused-ring (bicyclic) bond motifs is 1. The third-order valence-corrected chi connectivity index (χ3v) is 5.15. The van der Waals surface area contributed by atoms with Crippen LogP contribution in [-0.4, -0.2) is 22.5 Å². The van der Waals surface area contributed by atoms with Crippen LogP contribution in [0.25, 0.3) is 10.2 Å². The Labute approximate surface area is 148 Å². The average Bonchev–Trinajstić information content (AvgIpc) is 3.19. The van der Waals surface area contributed by atoms with Gasteiger partial charge in [0.05, 0.1) is 10.2 Å². The van der Waals surface area contributed by atoms with Gasteiger partial charge in [-0.1, -0.05) is 63.0 Å². The number of hydrazine groups is 2. The van der Waals surface area contributed by atoms with Crippen molar-refractivity contribution < 1.29 is 0 Å². The molecule has 0 atom stereocenters. The number of nitrogens with zero attached hydrogens (tertiary/aromatic N) is 4. The zero-order valence-corrected chi connectivity index (χ0v) is 15.5. The maximum atomic E-state index is 4.80. The van der Waals surface area contributed by atoms with Crippen molar-refractivity contribution >= 4 is 32.5 Å². The maximum Gasteiger partial charge on any atom is 0.225 e. The molecule has 0 radical (unpaired) electrons. The molecule has 2 aromatic rings. The highest BCUT2D eigenvalue weighted by atomic mass is 32.1. The molecule has 6 heteroatoms. The third kappa shape index (κ3) is 4.05. The second-order valence-electron chi connectivity index (χ2n) is 6.20. The summed E-state index contributed by atoms with van der Waals surface area (Å²) in [4.78, 5) is 4.76. The number of thiazole rings is 1. The molecule has 24 heavy (non-hydrogen) atoms. The van der Waals surface area contributed by atoms with E-state index in [2.05, 4.69) is 42.6 Å². The van der Waals surface area contributed by atoms with Crippen LogP contribution >= 0.6 is 11.3 Å². The molecule has 0 unspecified atom stereocenters. The van der Waals surface area contributed by atoms with Gasteiger partial charge in [-0.3, -0.25) is 5.43 Å². The van der Waals surface area contributed by atoms with Crippen molar-refractivity contribution in [3.05, 3.63) is 24.3 Å². The van der Waals surface area contributed by atoms with E-state index in [0.29, 0.717) is 0 Å². The molecule has 0 aliphatic carbocycles. The first kappa shape index (κ1) is 17.2. The fourth-order valence-electron chi connectivity index (χ4n) is 2.79. The fourth-order valence-corrected chi connectivity index (χ4v) is 3.72. The Balaban J connectivity index is 1.76. The standard InChI is InChI=1S/C18H27N5S/c1-3-5-7-13-17-20-22(14-10-6-4-2)23(21-17)18-19-15-11-8-9-12-16(15)24-18/h8-9,11-12H,3-7,10,13-14H2,1-2H3,(H,20,21). The minimum atomic E-state index is 0.936. The van der Waals surface area contributed by atoms with Crippen LogP contribution in [0.1, 0.15) is 58.8 Å². The van der Waals surface area contributed by atoms with Crippen molar-refractivity contribution in [2.75, 3.05) is 11.7 Å². The predicted octanol–water partition coefficient (Wildman–Crippen LogP) is 4.92. The molecule has 1 aromatic heterocycles. The number of benzene rings is 1. The van der Waals surface area contributed by atoms with Gasteiger partial charge in [-0.15, -0.1) is 15.3 Å². The number of rotatable bonds is 9. The number of hydrazone groups is 1. The lowest BCUT2D eigenvalue weighted by molar-refractivity contribution is 0.230. The Bertz CT molecular complexity index is 648. The number of hydrogen-bond acceptors (Lipinski definition) is 6. The van der Waals surface area contributed by atoms with E-state index in [9.17, 15) is 0 Å². The van der Waals surface area contributed by atoms with Crippen LogP contribution in [0, 0.1) is 0 Å². The smallest absolute Gasteiger partial charge is 0.225 e. The van der Waals surface area contributed by atoms with E-state index in [1.807, 2.05) is 11.2 Å². The van der Waals surface area contributed by atoms with E-state index < -0.39 is 0 Å². The molecule has 1 N–H and O–H groups in total. The second-order valence-corrected chi connectivity index (χ2v) is 7.21. The predicted molar refractivity (Wildman–Crippen MR) is 103 cm³/mol. The Morgan fingerprint density at radius 1 is 1.04 bits per heavy atom. The summed E-state index contributed by atoms with van der Waals surface area (Å²) >= 11 is 1.69. The molecular weight excluding hydrogens is 318 g/mol. The highest BCUT2D eigenvalue weighted by Gasteiger charge is 2.26. The van der Waals surface area contributed by atoms with E-state index in [4.69, 9.17) is 10.1 Å². The van der Waals surface area contributed by atoms with Gasteiger partial charge in [0.1, 0.15) is 5.84 Å². The number of nitrogens with one attached hydrogen (secondary N) is 1. The topological polar surface area (TPSA) is 43.8 Å². The van der Waals surface area contributed by atoms with Crippen LogP contribution in [-0.2, 0) is 0 Å². The highest BCUT2D eigenvalue weighted by Crippen LogP contribution is 2.30. The fraction of sp³-hybridized carbons (Fsp3) is 0.556. The van der Waals surface area contributed by atoms with Gasteiger partial charge in [0.2, 0.25) is 5.13 Å². The molecular formula is C18H27N5S. The van der Waals surface area contributed by atoms with Crippen LogP contribution in [0.4, 0.5) is 5.13 Å². The van der Waals surface area contributed by atoms with Gasteiger partial charge in [-0.25, -0.2) is 4.98 Å². The zero-order chi connectivity index (χ0) is 16.8. The van der Waals surface area contributed by atoms with Crippen LogP contribution in [0.5, 0.6) is 0 Å². The van der Waals surface area contributed by atoms with Crippen LogP contribution < -0.4 is 10.5 Å². The quantitative estimate of drug-likeness (QED) is 0.655. The summed E-state index contributed by atoms with van der Waals surface area (Å²) in [7, 11) is 0. The molecule has 0 amide bonds. The number of para-hydroxylation sites is 1. The zero-order valence-electron chi connectivity index (χ0n) is 14.7. The molecule has 1 aromatic carbocycles. The molecule has 0 saturated heterocycles. The molecule has 0 spiro atoms. The molecule has 3 rings (SSSR count). The summed E-state index contributed by atoms with van der Waals surface area (Å²) in [5.74, 6) is 1.05. The molecule has 0 saturated carbocycles. The van der Waals surface area contributed by atoms with Crippen molar-refractivity contribution in [3.8, 4) is 0 Å². The van der Waals surface area contributed by atoms with E-state index in [-0.39, 0.29) is 0 Å². The summed E-state index contributed by atoms with van der Waals surface area (Å²) in [5.41, 5.74) is 4.52. The Morgan fingerprint density at radius 3 is 2.62 bits per heavy atom. The largest absolute Gasteiger partial charge is 0.285 e. The highest BCUT2D eigenvalue weighted by molar-refractivity contribution is 7.22. The van der Waals surface area contributed by atoms with Crippen molar-refractivity contribution in [1.82, 2.24) is 15.5 Å². The Morgan fingerprint density at radius 2 is 1.83 bits per heavy atom. The number of anilines is 1. The second kappa shape index (κ2) is 8.44. The number of unbranched alkanes of at least 4 members (excludes halogenated alkanes) is 4. The van der Waals surface area contributed by atoms with Crippen molar-refractivity contribution in [1.29, 1.82) is 0 Å². The van der Waals surface area contributed by atoms with Gasteiger partial charge < -0.3 is 0 Å². The number of aromatic nitrogens is 1. The summed E-state index contributed by atoms with van der Waals surface area (Å²) in [5, 5.41) is 9.81. The lowest BCUT2D eigenvalue weighted by Gasteiger charge is -2.23. The van der Waals surface area contributed by atoms with Gasteiger partial charge in [-0.05, 0) is 25.0 Å². The molecule has 0 bridgehead atoms. The van der Waals surface area contributed by atoms with Gasteiger partial charge >= 0.3 is 0 Å². The van der Waals surface area contributed by atoms with Crippen LogP contribution in [0.2, 0.25) is 0 Å². The monoisotopic (exact) mass is 345 g/mol. The van der Waals surface area contributed by atoms with Gasteiger partial charge in [-0.2, -0.15) is 0 Å². The van der Waals surface area contributed by atoms with E-state index in [1.54, 1.807) is 11.3 Å². The normalized spacial score (nSPS) is 15.1. The summed E-state index contributed by atoms with van der Waals surface area (Å²) in [6.07, 6.45) is 8.27. The lowest BCUT2D eigenvalue weighted by Crippen LogP contribution is -2.44. The van der Waals surface area contributed by atoms with Crippen molar-refractivity contribution in [3.63, 3.8) is 0 Å². The van der Waals surface area contributed by atoms with Gasteiger partial charge in [0, 0.05) is 13.0 Å². The lowest BCUT2D eigenvalue weighted by atomic mass is 10.2. The van der Waals surface area contributed by atoms with Crippen molar-refractivity contribution in [2.24, 2.45) is 5.10 Å². The minimum absolute atomic E-state index is 0.936. The molecule has 5 nitrogen and oxygen atoms in total. The van der Waals surface area contributed by atoms with Gasteiger partial charge in [0.15, 0.2) is 0 Å². The number of hydrogen-bond donors (Lipinski definition) is 1. The summed E-state index contributed by atoms with van der Waals surface area (Å²) in [6.45, 7) is 5.41. The Kier molecular flexibility index (Phi) is 6.04. The minimum Gasteiger partial charge on any atom is -0.285 e. The summed E-state index contributed by atoms with van der Waals surface area (Å²) < 4.78 is 1.20. The van der Waals surface area contributed by atoms with E-state index in [1.165, 1.54) is 36.8 Å². The first-order valence-corrected chi connectivity index (χ1v) is 9.90. The first-order chi connectivity index (χ1) is 11.8. The summed E-state index contributed by atoms with van der Waals surface area (Å²) in [6, 6.07) is 8.27. The number of amidine groups is 1. The third-order valence-electron chi connectivity index (χ3n) is 4.15. The SMILES string of the molecule is CCCCCC1=NN(c2nc3ccccc3s2)N(CCCCC)N1. The van der Waals surface area contributed by atoms with Crippen molar-refractivity contribution in [2.45, 2.75) is 58.8 Å². The average molecular weight is 346 g/mol. The molecule has 2 heterocycles. The molecule has 0 fully saturated rings. The van der Waals surface area contributed by atoms with Crippen LogP contribution in [0.15, 0.2) is 29.4 Å². The van der Waals surface area contributed by atoms with Gasteiger partial charge in [0.25, 0.3) is 0 Å². The van der Waals surface area contributed by atoms with E-state index in [0.717, 1.165) is 35.9 Å². The van der Waals surface area contributed by atoms with Crippen LogP contribution in [0.3, 0.4) is 0 Å². The Hall–Kier alpha value is -1.66. The van der Waals surface area contributed by atoms with E-state index >= 15 is 0 Å². The molecule has 1 aliphatic rings. The maximum absolute atomic E-state index is 4.80.